The van der Waals surface area contributed by atoms with E-state index in [0.717, 1.165) is 23.0 Å². The van der Waals surface area contributed by atoms with E-state index in [2.05, 4.69) is 0 Å². The number of rotatable bonds is 3. The van der Waals surface area contributed by atoms with Crippen molar-refractivity contribution in [3.8, 4) is 0 Å². The molecule has 0 spiro atoms. The van der Waals surface area contributed by atoms with E-state index < -0.39 is 14.9 Å². The number of halogens is 1. The Labute approximate surface area is 119 Å². The van der Waals surface area contributed by atoms with E-state index in [1.165, 1.54) is 4.31 Å². The van der Waals surface area contributed by atoms with Crippen LogP contribution in [0.1, 0.15) is 13.3 Å². The van der Waals surface area contributed by atoms with E-state index in [0.29, 0.717) is 19.5 Å². The third-order valence-electron chi connectivity index (χ3n) is 2.73. The standard InChI is InChI=1S/C10H11ClN2O4S2/c1-7-3-2-4-12(6-7)19(16,17)9-5-8(13(14)15)10(11)18-9/h3,5H,2,4,6H2,1H3. The zero-order valence-corrected chi connectivity index (χ0v) is 12.4. The monoisotopic (exact) mass is 322 g/mol. The fourth-order valence-electron chi connectivity index (χ4n) is 1.80. The van der Waals surface area contributed by atoms with Crippen molar-refractivity contribution in [1.29, 1.82) is 0 Å². The van der Waals surface area contributed by atoms with Gasteiger partial charge < -0.3 is 0 Å². The molecule has 1 aromatic rings. The smallest absolute Gasteiger partial charge is 0.258 e. The summed E-state index contributed by atoms with van der Waals surface area (Å²) in [6.45, 7) is 2.54. The summed E-state index contributed by atoms with van der Waals surface area (Å²) in [6.07, 6.45) is 2.63. The van der Waals surface area contributed by atoms with E-state index in [4.69, 9.17) is 11.6 Å². The highest BCUT2D eigenvalue weighted by atomic mass is 35.5. The molecule has 0 amide bonds. The van der Waals surface area contributed by atoms with Gasteiger partial charge in [0, 0.05) is 19.2 Å². The maximum absolute atomic E-state index is 12.3. The van der Waals surface area contributed by atoms with E-state index in [9.17, 15) is 18.5 Å². The van der Waals surface area contributed by atoms with E-state index in [-0.39, 0.29) is 14.2 Å². The van der Waals surface area contributed by atoms with Gasteiger partial charge in [-0.2, -0.15) is 4.31 Å². The minimum absolute atomic E-state index is 0.0844. The van der Waals surface area contributed by atoms with E-state index >= 15 is 0 Å². The fraction of sp³-hybridized carbons (Fsp3) is 0.400. The van der Waals surface area contributed by atoms with Crippen LogP contribution in [0.2, 0.25) is 4.34 Å². The molecule has 0 atom stereocenters. The fourth-order valence-corrected chi connectivity index (χ4v) is 5.12. The lowest BCUT2D eigenvalue weighted by Gasteiger charge is -2.24. The van der Waals surface area contributed by atoms with Crippen molar-refractivity contribution >= 4 is 38.6 Å². The molecule has 0 saturated carbocycles. The minimum atomic E-state index is -3.71. The Hall–Kier alpha value is -0.960. The summed E-state index contributed by atoms with van der Waals surface area (Å²) in [4.78, 5) is 10.0. The van der Waals surface area contributed by atoms with Gasteiger partial charge in [-0.25, -0.2) is 8.42 Å². The topological polar surface area (TPSA) is 80.5 Å². The highest BCUT2D eigenvalue weighted by Crippen LogP contribution is 2.37. The number of sulfonamides is 1. The van der Waals surface area contributed by atoms with Gasteiger partial charge in [0.15, 0.2) is 4.34 Å². The second-order valence-electron chi connectivity index (χ2n) is 4.16. The normalized spacial score (nSPS) is 17.3. The highest BCUT2D eigenvalue weighted by molar-refractivity contribution is 7.91. The number of nitrogens with zero attached hydrogens (tertiary/aromatic N) is 2. The summed E-state index contributed by atoms with van der Waals surface area (Å²) in [5.74, 6) is 0. The molecule has 1 aliphatic rings. The molecule has 0 unspecified atom stereocenters. The Morgan fingerprint density at radius 2 is 2.21 bits per heavy atom. The van der Waals surface area contributed by atoms with Crippen molar-refractivity contribution in [2.24, 2.45) is 0 Å². The highest BCUT2D eigenvalue weighted by Gasteiger charge is 2.31. The Morgan fingerprint density at radius 3 is 2.74 bits per heavy atom. The van der Waals surface area contributed by atoms with Gasteiger partial charge in [-0.3, -0.25) is 10.1 Å². The summed E-state index contributed by atoms with van der Waals surface area (Å²) in [6, 6.07) is 1.02. The second-order valence-corrected chi connectivity index (χ2v) is 7.98. The van der Waals surface area contributed by atoms with Crippen LogP contribution in [0.15, 0.2) is 21.9 Å². The molecular weight excluding hydrogens is 312 g/mol. The molecule has 6 nitrogen and oxygen atoms in total. The molecule has 104 valence electrons. The van der Waals surface area contributed by atoms with Crippen molar-refractivity contribution in [3.63, 3.8) is 0 Å². The molecule has 2 heterocycles. The molecule has 19 heavy (non-hydrogen) atoms. The van der Waals surface area contributed by atoms with Crippen LogP contribution in [0.5, 0.6) is 0 Å². The van der Waals surface area contributed by atoms with E-state index in [1.54, 1.807) is 0 Å². The van der Waals surface area contributed by atoms with Crippen LogP contribution in [0.3, 0.4) is 0 Å². The van der Waals surface area contributed by atoms with Gasteiger partial charge in [0.1, 0.15) is 4.21 Å². The maximum Gasteiger partial charge on any atom is 0.300 e. The minimum Gasteiger partial charge on any atom is -0.258 e. The SMILES string of the molecule is CC1=CCCN(S(=O)(=O)c2cc([N+](=O)[O-])c(Cl)s2)C1. The summed E-state index contributed by atoms with van der Waals surface area (Å²) in [5.41, 5.74) is 0.599. The van der Waals surface area contributed by atoms with Crippen LogP contribution in [-0.4, -0.2) is 30.7 Å². The summed E-state index contributed by atoms with van der Waals surface area (Å²) < 4.78 is 25.8. The molecule has 0 N–H and O–H groups in total. The Morgan fingerprint density at radius 1 is 1.53 bits per heavy atom. The predicted octanol–water partition coefficient (Wildman–Crippen LogP) is 2.65. The molecule has 0 radical (unpaired) electrons. The largest absolute Gasteiger partial charge is 0.300 e. The van der Waals surface area contributed by atoms with Crippen molar-refractivity contribution in [2.45, 2.75) is 17.6 Å². The van der Waals surface area contributed by atoms with Gasteiger partial charge in [0.25, 0.3) is 15.7 Å². The molecule has 1 aromatic heterocycles. The van der Waals surface area contributed by atoms with Crippen molar-refractivity contribution < 1.29 is 13.3 Å². The molecule has 0 aromatic carbocycles. The van der Waals surface area contributed by atoms with Crippen molar-refractivity contribution in [1.82, 2.24) is 4.31 Å². The molecule has 2 rings (SSSR count). The quantitative estimate of drug-likeness (QED) is 0.486. The maximum atomic E-state index is 12.3. The zero-order valence-electron chi connectivity index (χ0n) is 10.00. The van der Waals surface area contributed by atoms with Crippen LogP contribution in [0.4, 0.5) is 5.69 Å². The first-order chi connectivity index (χ1) is 8.82. The molecule has 9 heteroatoms. The third-order valence-corrected chi connectivity index (χ3v) is 6.37. The summed E-state index contributed by atoms with van der Waals surface area (Å²) >= 11 is 6.42. The lowest BCUT2D eigenvalue weighted by atomic mass is 10.2. The molecule has 1 aliphatic heterocycles. The molecule has 0 saturated heterocycles. The molecule has 0 bridgehead atoms. The van der Waals surface area contributed by atoms with Crippen LogP contribution in [0, 0.1) is 10.1 Å². The average molecular weight is 323 g/mol. The van der Waals surface area contributed by atoms with Crippen molar-refractivity contribution in [3.05, 3.63) is 32.2 Å². The van der Waals surface area contributed by atoms with Crippen molar-refractivity contribution in [2.75, 3.05) is 13.1 Å². The summed E-state index contributed by atoms with van der Waals surface area (Å²) in [7, 11) is -3.71. The predicted molar refractivity (Wildman–Crippen MR) is 73.1 cm³/mol. The first-order valence-electron chi connectivity index (χ1n) is 5.42. The average Bonchev–Trinajstić information content (AvgIpc) is 2.72. The zero-order chi connectivity index (χ0) is 14.2. The van der Waals surface area contributed by atoms with Crippen LogP contribution >= 0.6 is 22.9 Å². The first kappa shape index (κ1) is 14.4. The molecule has 0 fully saturated rings. The van der Waals surface area contributed by atoms with Gasteiger partial charge in [-0.15, -0.1) is 11.3 Å². The Bertz CT molecular complexity index is 650. The van der Waals surface area contributed by atoms with E-state index in [1.807, 2.05) is 13.0 Å². The number of thiophene rings is 1. The van der Waals surface area contributed by atoms with Crippen LogP contribution in [0.25, 0.3) is 0 Å². The van der Waals surface area contributed by atoms with Gasteiger partial charge in [0.05, 0.1) is 4.92 Å². The summed E-state index contributed by atoms with van der Waals surface area (Å²) in [5, 5.41) is 10.7. The van der Waals surface area contributed by atoms with Crippen LogP contribution < -0.4 is 0 Å². The second kappa shape index (κ2) is 5.20. The van der Waals surface area contributed by atoms with Crippen LogP contribution in [-0.2, 0) is 10.0 Å². The third kappa shape index (κ3) is 2.81. The lowest BCUT2D eigenvalue weighted by molar-refractivity contribution is -0.384. The molecule has 0 aliphatic carbocycles. The van der Waals surface area contributed by atoms with Gasteiger partial charge in [-0.05, 0) is 13.3 Å². The van der Waals surface area contributed by atoms with Gasteiger partial charge in [0.2, 0.25) is 0 Å². The number of hydrogen-bond donors (Lipinski definition) is 0. The Balaban J connectivity index is 2.37. The van der Waals surface area contributed by atoms with Gasteiger partial charge in [-0.1, -0.05) is 23.3 Å². The number of hydrogen-bond acceptors (Lipinski definition) is 5. The number of nitro groups is 1. The first-order valence-corrected chi connectivity index (χ1v) is 8.05. The Kier molecular flexibility index (Phi) is 3.95. The molecular formula is C10H11ClN2O4S2. The van der Waals surface area contributed by atoms with Gasteiger partial charge >= 0.3 is 0 Å². The lowest BCUT2D eigenvalue weighted by Crippen LogP contribution is -2.34.